The predicted molar refractivity (Wildman–Crippen MR) is 68.2 cm³/mol. The lowest BCUT2D eigenvalue weighted by Gasteiger charge is -2.08. The number of rotatable bonds is 3. The summed E-state index contributed by atoms with van der Waals surface area (Å²) in [5.74, 6) is 0.158. The zero-order chi connectivity index (χ0) is 11.5. The summed E-state index contributed by atoms with van der Waals surface area (Å²) in [7, 11) is 0. The van der Waals surface area contributed by atoms with Crippen LogP contribution < -0.4 is 0 Å². The van der Waals surface area contributed by atoms with Crippen molar-refractivity contribution in [1.29, 1.82) is 0 Å². The van der Waals surface area contributed by atoms with E-state index in [9.17, 15) is 4.79 Å². The van der Waals surface area contributed by atoms with Gasteiger partial charge in [-0.15, -0.1) is 11.3 Å². The third-order valence-corrected chi connectivity index (χ3v) is 3.75. The van der Waals surface area contributed by atoms with E-state index < -0.39 is 0 Å². The van der Waals surface area contributed by atoms with Gasteiger partial charge in [0.1, 0.15) is 0 Å². The molecule has 0 N–H and O–H groups in total. The lowest BCUT2D eigenvalue weighted by Crippen LogP contribution is -2.08. The van der Waals surface area contributed by atoms with Crippen LogP contribution in [0.5, 0.6) is 0 Å². The highest BCUT2D eigenvalue weighted by molar-refractivity contribution is 7.10. The zero-order valence-corrected chi connectivity index (χ0v) is 10.3. The quantitative estimate of drug-likeness (QED) is 0.727. The van der Waals surface area contributed by atoms with Gasteiger partial charge in [0, 0.05) is 10.4 Å². The molecule has 0 bridgehead atoms. The fraction of sp³-hybridized carbons (Fsp3) is 0.214. The number of hydrogen-bond donors (Lipinski definition) is 0. The maximum Gasteiger partial charge on any atom is 0.170 e. The van der Waals surface area contributed by atoms with Gasteiger partial charge in [0.15, 0.2) is 5.78 Å². The van der Waals surface area contributed by atoms with Crippen molar-refractivity contribution in [2.24, 2.45) is 0 Å². The highest BCUT2D eigenvalue weighted by atomic mass is 32.1. The van der Waals surface area contributed by atoms with Gasteiger partial charge in [-0.2, -0.15) is 0 Å². The molecule has 0 saturated heterocycles. The first-order chi connectivity index (χ1) is 7.68. The largest absolute Gasteiger partial charge is 0.293 e. The smallest absolute Gasteiger partial charge is 0.170 e. The van der Waals surface area contributed by atoms with Crippen LogP contribution in [-0.2, 0) is 0 Å². The molecule has 1 unspecified atom stereocenters. The molecule has 1 nitrogen and oxygen atoms in total. The third-order valence-electron chi connectivity index (χ3n) is 2.70. The molecule has 0 aliphatic rings. The summed E-state index contributed by atoms with van der Waals surface area (Å²) < 4.78 is 0. The molecule has 0 radical (unpaired) electrons. The molecule has 2 aromatic rings. The highest BCUT2D eigenvalue weighted by Gasteiger charge is 2.17. The Morgan fingerprint density at radius 1 is 1.19 bits per heavy atom. The van der Waals surface area contributed by atoms with Crippen LogP contribution in [0.3, 0.4) is 0 Å². The summed E-state index contributed by atoms with van der Waals surface area (Å²) in [5, 5.41) is 2.01. The fourth-order valence-electron chi connectivity index (χ4n) is 1.63. The van der Waals surface area contributed by atoms with Crippen LogP contribution in [0.1, 0.15) is 33.6 Å². The van der Waals surface area contributed by atoms with Crippen LogP contribution in [0, 0.1) is 6.92 Å². The van der Waals surface area contributed by atoms with E-state index in [2.05, 4.69) is 0 Å². The minimum absolute atomic E-state index is 0.0392. The van der Waals surface area contributed by atoms with E-state index in [1.807, 2.05) is 55.6 Å². The summed E-state index contributed by atoms with van der Waals surface area (Å²) in [6.07, 6.45) is 0. The molecule has 0 spiro atoms. The van der Waals surface area contributed by atoms with Crippen LogP contribution in [-0.4, -0.2) is 5.78 Å². The Morgan fingerprint density at radius 2 is 1.88 bits per heavy atom. The van der Waals surface area contributed by atoms with Crippen molar-refractivity contribution in [2.45, 2.75) is 19.8 Å². The summed E-state index contributed by atoms with van der Waals surface area (Å²) in [4.78, 5) is 13.3. The summed E-state index contributed by atoms with van der Waals surface area (Å²) in [6.45, 7) is 3.99. The Hall–Kier alpha value is -1.41. The van der Waals surface area contributed by atoms with Gasteiger partial charge in [0.25, 0.3) is 0 Å². The van der Waals surface area contributed by atoms with Gasteiger partial charge < -0.3 is 0 Å². The molecule has 0 saturated carbocycles. The average Bonchev–Trinajstić information content (AvgIpc) is 2.81. The zero-order valence-electron chi connectivity index (χ0n) is 9.44. The van der Waals surface area contributed by atoms with E-state index in [-0.39, 0.29) is 11.7 Å². The van der Waals surface area contributed by atoms with E-state index in [1.165, 1.54) is 5.56 Å². The SMILES string of the molecule is Cc1ccc(C(=O)C(C)c2cccs2)cc1. The average molecular weight is 230 g/mol. The number of hydrogen-bond acceptors (Lipinski definition) is 2. The third kappa shape index (κ3) is 2.22. The molecule has 2 heteroatoms. The van der Waals surface area contributed by atoms with Crippen molar-refractivity contribution < 1.29 is 4.79 Å². The first-order valence-corrected chi connectivity index (χ1v) is 6.21. The number of benzene rings is 1. The molecule has 16 heavy (non-hydrogen) atoms. The second kappa shape index (κ2) is 4.62. The number of Topliss-reactive ketones (excluding diaryl/α,β-unsaturated/α-hetero) is 1. The minimum atomic E-state index is -0.0392. The Balaban J connectivity index is 2.22. The second-order valence-electron chi connectivity index (χ2n) is 3.97. The normalized spacial score (nSPS) is 12.4. The van der Waals surface area contributed by atoms with Gasteiger partial charge in [0.2, 0.25) is 0 Å². The van der Waals surface area contributed by atoms with Crippen LogP contribution in [0.4, 0.5) is 0 Å². The molecule has 82 valence electrons. The molecular formula is C14H14OS. The Kier molecular flexibility index (Phi) is 3.20. The van der Waals surface area contributed by atoms with Gasteiger partial charge in [0.05, 0.1) is 5.92 Å². The second-order valence-corrected chi connectivity index (χ2v) is 4.95. The monoisotopic (exact) mass is 230 g/mol. The number of thiophene rings is 1. The summed E-state index contributed by atoms with van der Waals surface area (Å²) >= 11 is 1.64. The van der Waals surface area contributed by atoms with E-state index in [1.54, 1.807) is 11.3 Å². The summed E-state index contributed by atoms with van der Waals surface area (Å²) in [5.41, 5.74) is 1.98. The van der Waals surface area contributed by atoms with Gasteiger partial charge in [-0.25, -0.2) is 0 Å². The van der Waals surface area contributed by atoms with Crippen molar-refractivity contribution >= 4 is 17.1 Å². The Bertz CT molecular complexity index is 468. The number of aryl methyl sites for hydroxylation is 1. The molecule has 1 aromatic heterocycles. The van der Waals surface area contributed by atoms with Gasteiger partial charge in [-0.3, -0.25) is 4.79 Å². The minimum Gasteiger partial charge on any atom is -0.293 e. The molecule has 0 aliphatic carbocycles. The molecule has 0 fully saturated rings. The lowest BCUT2D eigenvalue weighted by atomic mass is 9.97. The fourth-order valence-corrected chi connectivity index (χ4v) is 2.42. The number of carbonyl (C=O) groups excluding carboxylic acids is 1. The van der Waals surface area contributed by atoms with E-state index >= 15 is 0 Å². The maximum absolute atomic E-state index is 12.2. The van der Waals surface area contributed by atoms with Gasteiger partial charge in [-0.05, 0) is 18.4 Å². The van der Waals surface area contributed by atoms with Gasteiger partial charge in [-0.1, -0.05) is 42.8 Å². The first kappa shape index (κ1) is 11.1. The van der Waals surface area contributed by atoms with Gasteiger partial charge >= 0.3 is 0 Å². The topological polar surface area (TPSA) is 17.1 Å². The van der Waals surface area contributed by atoms with E-state index in [0.29, 0.717) is 0 Å². The maximum atomic E-state index is 12.2. The summed E-state index contributed by atoms with van der Waals surface area (Å²) in [6, 6.07) is 11.8. The van der Waals surface area contributed by atoms with Crippen LogP contribution in [0.15, 0.2) is 41.8 Å². The molecule has 1 aromatic carbocycles. The van der Waals surface area contributed by atoms with Crippen molar-refractivity contribution in [3.63, 3.8) is 0 Å². The molecule has 2 rings (SSSR count). The van der Waals surface area contributed by atoms with Crippen molar-refractivity contribution in [2.75, 3.05) is 0 Å². The lowest BCUT2D eigenvalue weighted by molar-refractivity contribution is 0.0967. The molecule has 0 aliphatic heterocycles. The highest BCUT2D eigenvalue weighted by Crippen LogP contribution is 2.24. The van der Waals surface area contributed by atoms with Crippen LogP contribution in [0.2, 0.25) is 0 Å². The molecule has 1 atom stereocenters. The van der Waals surface area contributed by atoms with Crippen molar-refractivity contribution in [3.8, 4) is 0 Å². The standard InChI is InChI=1S/C14H14OS/c1-10-5-7-12(8-6-10)14(15)11(2)13-4-3-9-16-13/h3-9,11H,1-2H3. The molecule has 1 heterocycles. The van der Waals surface area contributed by atoms with Crippen molar-refractivity contribution in [1.82, 2.24) is 0 Å². The van der Waals surface area contributed by atoms with E-state index in [0.717, 1.165) is 10.4 Å². The van der Waals surface area contributed by atoms with Crippen LogP contribution in [0.25, 0.3) is 0 Å². The first-order valence-electron chi connectivity index (χ1n) is 5.33. The van der Waals surface area contributed by atoms with E-state index in [4.69, 9.17) is 0 Å². The number of ketones is 1. The number of carbonyl (C=O) groups is 1. The predicted octanol–water partition coefficient (Wildman–Crippen LogP) is 4.04. The molecule has 0 amide bonds. The Labute approximate surface area is 99.8 Å². The van der Waals surface area contributed by atoms with Crippen LogP contribution >= 0.6 is 11.3 Å². The van der Waals surface area contributed by atoms with Crippen molar-refractivity contribution in [3.05, 3.63) is 57.8 Å². The molecular weight excluding hydrogens is 216 g/mol. The Morgan fingerprint density at radius 3 is 2.44 bits per heavy atom.